The Morgan fingerprint density at radius 3 is 2.10 bits per heavy atom. The minimum atomic E-state index is -0.0709. The molecule has 1 aromatic heterocycles. The number of benzene rings is 2. The summed E-state index contributed by atoms with van der Waals surface area (Å²) in [7, 11) is 0. The number of nitrogens with one attached hydrogen (secondary N) is 1. The summed E-state index contributed by atoms with van der Waals surface area (Å²) in [6.07, 6.45) is 0.940. The molecule has 3 aromatic rings. The summed E-state index contributed by atoms with van der Waals surface area (Å²) in [6.45, 7) is 5.82. The summed E-state index contributed by atoms with van der Waals surface area (Å²) in [5.74, 6) is -0.0709. The summed E-state index contributed by atoms with van der Waals surface area (Å²) in [5.41, 5.74) is 2.69. The molecule has 0 bridgehead atoms. The van der Waals surface area contributed by atoms with E-state index < -0.39 is 0 Å². The van der Waals surface area contributed by atoms with E-state index in [0.29, 0.717) is 22.5 Å². The fraction of sp³-hybridized carbons (Fsp3) is 0.320. The molecule has 6 heteroatoms. The third kappa shape index (κ3) is 5.74. The van der Waals surface area contributed by atoms with Crippen molar-refractivity contribution in [2.75, 3.05) is 39.3 Å². The van der Waals surface area contributed by atoms with Gasteiger partial charge >= 0.3 is 0 Å². The maximum absolute atomic E-state index is 12.2. The summed E-state index contributed by atoms with van der Waals surface area (Å²) < 4.78 is 0. The maximum atomic E-state index is 12.2. The normalized spacial score (nSPS) is 15.3. The lowest BCUT2D eigenvalue weighted by Gasteiger charge is -2.39. The van der Waals surface area contributed by atoms with Crippen molar-refractivity contribution in [2.24, 2.45) is 0 Å². The second kappa shape index (κ2) is 10.9. The van der Waals surface area contributed by atoms with Crippen LogP contribution in [0.1, 0.15) is 33.3 Å². The number of hydrogen-bond donors (Lipinski definition) is 1. The van der Waals surface area contributed by atoms with Gasteiger partial charge in [-0.2, -0.15) is 0 Å². The van der Waals surface area contributed by atoms with E-state index in [-0.39, 0.29) is 5.91 Å². The van der Waals surface area contributed by atoms with E-state index in [4.69, 9.17) is 11.6 Å². The molecule has 0 aliphatic carbocycles. The molecule has 0 unspecified atom stereocenters. The van der Waals surface area contributed by atoms with E-state index in [1.165, 1.54) is 22.5 Å². The van der Waals surface area contributed by atoms with Gasteiger partial charge in [-0.1, -0.05) is 72.3 Å². The van der Waals surface area contributed by atoms with Gasteiger partial charge in [0, 0.05) is 32.7 Å². The molecule has 31 heavy (non-hydrogen) atoms. The number of amides is 1. The average Bonchev–Trinajstić information content (AvgIpc) is 3.25. The van der Waals surface area contributed by atoms with Gasteiger partial charge in [0.2, 0.25) is 0 Å². The van der Waals surface area contributed by atoms with Crippen molar-refractivity contribution in [3.05, 3.63) is 93.1 Å². The van der Waals surface area contributed by atoms with Crippen molar-refractivity contribution >= 4 is 28.8 Å². The van der Waals surface area contributed by atoms with E-state index in [1.807, 2.05) is 5.38 Å². The lowest BCUT2D eigenvalue weighted by atomic mass is 9.96. The molecule has 2 aromatic carbocycles. The minimum absolute atomic E-state index is 0.0709. The predicted molar refractivity (Wildman–Crippen MR) is 129 cm³/mol. The molecule has 0 atom stereocenters. The molecule has 0 spiro atoms. The van der Waals surface area contributed by atoms with Gasteiger partial charge in [-0.3, -0.25) is 9.69 Å². The van der Waals surface area contributed by atoms with Crippen LogP contribution in [0.4, 0.5) is 0 Å². The van der Waals surface area contributed by atoms with E-state index in [0.717, 1.165) is 39.1 Å². The Balaban J connectivity index is 1.27. The summed E-state index contributed by atoms with van der Waals surface area (Å²) >= 11 is 7.42. The van der Waals surface area contributed by atoms with Crippen LogP contribution in [0.25, 0.3) is 0 Å². The van der Waals surface area contributed by atoms with Crippen LogP contribution >= 0.6 is 22.9 Å². The fourth-order valence-corrected chi connectivity index (χ4v) is 5.23. The highest BCUT2D eigenvalue weighted by atomic mass is 35.5. The van der Waals surface area contributed by atoms with Crippen molar-refractivity contribution in [1.82, 2.24) is 15.1 Å². The Hall–Kier alpha value is -2.18. The van der Waals surface area contributed by atoms with Gasteiger partial charge in [0.25, 0.3) is 5.91 Å². The summed E-state index contributed by atoms with van der Waals surface area (Å²) in [6, 6.07) is 23.6. The van der Waals surface area contributed by atoms with Gasteiger partial charge in [0.05, 0.1) is 11.1 Å². The van der Waals surface area contributed by atoms with Crippen molar-refractivity contribution in [1.29, 1.82) is 0 Å². The van der Waals surface area contributed by atoms with Crippen molar-refractivity contribution in [3.8, 4) is 0 Å². The number of hydrogen-bond acceptors (Lipinski definition) is 4. The van der Waals surface area contributed by atoms with Crippen molar-refractivity contribution in [2.45, 2.75) is 12.5 Å². The van der Waals surface area contributed by atoms with Crippen LogP contribution in [0, 0.1) is 0 Å². The Labute approximate surface area is 193 Å². The lowest BCUT2D eigenvalue weighted by Crippen LogP contribution is -2.48. The van der Waals surface area contributed by atoms with Crippen molar-refractivity contribution < 1.29 is 4.79 Å². The first-order chi connectivity index (χ1) is 15.2. The number of rotatable bonds is 8. The fourth-order valence-electron chi connectivity index (χ4n) is 4.17. The van der Waals surface area contributed by atoms with Crippen LogP contribution in [-0.2, 0) is 0 Å². The Morgan fingerprint density at radius 2 is 1.55 bits per heavy atom. The zero-order valence-corrected chi connectivity index (χ0v) is 19.1. The highest BCUT2D eigenvalue weighted by Crippen LogP contribution is 2.29. The van der Waals surface area contributed by atoms with Gasteiger partial charge in [-0.05, 0) is 35.5 Å². The summed E-state index contributed by atoms with van der Waals surface area (Å²) in [4.78, 5) is 17.8. The third-order valence-corrected chi connectivity index (χ3v) is 7.10. The van der Waals surface area contributed by atoms with Gasteiger partial charge in [0.1, 0.15) is 4.88 Å². The number of thiophene rings is 1. The first-order valence-electron chi connectivity index (χ1n) is 10.8. The smallest absolute Gasteiger partial charge is 0.262 e. The number of piperazine rings is 1. The SMILES string of the molecule is O=C(NCCCN1CCN(C(c2ccccc2)c2ccccc2)CC1)c1sccc1Cl. The number of carbonyl (C=O) groups excluding carboxylic acids is 1. The first kappa shape index (κ1) is 22.0. The molecule has 0 saturated carbocycles. The first-order valence-corrected chi connectivity index (χ1v) is 12.1. The van der Waals surface area contributed by atoms with Gasteiger partial charge in [0.15, 0.2) is 0 Å². The molecule has 1 fully saturated rings. The van der Waals surface area contributed by atoms with Crippen LogP contribution in [0.15, 0.2) is 72.1 Å². The largest absolute Gasteiger partial charge is 0.351 e. The summed E-state index contributed by atoms with van der Waals surface area (Å²) in [5, 5.41) is 5.36. The topological polar surface area (TPSA) is 35.6 Å². The van der Waals surface area contributed by atoms with Crippen LogP contribution in [0.2, 0.25) is 5.02 Å². The second-order valence-electron chi connectivity index (χ2n) is 7.81. The van der Waals surface area contributed by atoms with Crippen LogP contribution < -0.4 is 5.32 Å². The molecule has 1 N–H and O–H groups in total. The number of nitrogens with zero attached hydrogens (tertiary/aromatic N) is 2. The second-order valence-corrected chi connectivity index (χ2v) is 9.13. The molecule has 0 radical (unpaired) electrons. The molecule has 1 amide bonds. The van der Waals surface area contributed by atoms with E-state index in [2.05, 4.69) is 75.8 Å². The number of carbonyl (C=O) groups is 1. The van der Waals surface area contributed by atoms with E-state index in [1.54, 1.807) is 6.07 Å². The monoisotopic (exact) mass is 453 g/mol. The molecule has 1 saturated heterocycles. The minimum Gasteiger partial charge on any atom is -0.351 e. The van der Waals surface area contributed by atoms with Crippen LogP contribution in [-0.4, -0.2) is 55.0 Å². The molecule has 4 nitrogen and oxygen atoms in total. The Morgan fingerprint density at radius 1 is 0.935 bits per heavy atom. The van der Waals surface area contributed by atoms with E-state index in [9.17, 15) is 4.79 Å². The maximum Gasteiger partial charge on any atom is 0.262 e. The zero-order chi connectivity index (χ0) is 21.5. The highest BCUT2D eigenvalue weighted by molar-refractivity contribution is 7.12. The quantitative estimate of drug-likeness (QED) is 0.491. The lowest BCUT2D eigenvalue weighted by molar-refractivity contribution is 0.0945. The van der Waals surface area contributed by atoms with Gasteiger partial charge < -0.3 is 10.2 Å². The van der Waals surface area contributed by atoms with E-state index >= 15 is 0 Å². The van der Waals surface area contributed by atoms with Gasteiger partial charge in [-0.15, -0.1) is 11.3 Å². The molecule has 4 rings (SSSR count). The predicted octanol–water partition coefficient (Wildman–Crippen LogP) is 4.93. The third-order valence-electron chi connectivity index (χ3n) is 5.76. The Kier molecular flexibility index (Phi) is 7.76. The molecule has 2 heterocycles. The van der Waals surface area contributed by atoms with Crippen molar-refractivity contribution in [3.63, 3.8) is 0 Å². The molecule has 1 aliphatic heterocycles. The molecular weight excluding hydrogens is 426 g/mol. The molecule has 1 aliphatic rings. The standard InChI is InChI=1S/C25H28ClN3OS/c26-22-12-19-31-24(22)25(30)27-13-7-14-28-15-17-29(18-16-28)23(20-8-3-1-4-9-20)21-10-5-2-6-11-21/h1-6,8-12,19,23H,7,13-18H2,(H,27,30). The average molecular weight is 454 g/mol. The molecular formula is C25H28ClN3OS. The number of halogens is 1. The Bertz CT molecular complexity index is 916. The zero-order valence-electron chi connectivity index (χ0n) is 17.5. The van der Waals surface area contributed by atoms with Gasteiger partial charge in [-0.25, -0.2) is 0 Å². The van der Waals surface area contributed by atoms with Crippen LogP contribution in [0.3, 0.4) is 0 Å². The molecule has 162 valence electrons. The van der Waals surface area contributed by atoms with Crippen LogP contribution in [0.5, 0.6) is 0 Å². The highest BCUT2D eigenvalue weighted by Gasteiger charge is 2.26.